The van der Waals surface area contributed by atoms with Gasteiger partial charge in [-0.3, -0.25) is 24.0 Å². The fourth-order valence-corrected chi connectivity index (χ4v) is 17.9. The predicted octanol–water partition coefficient (Wildman–Crippen LogP) is 11.5. The molecule has 756 valence electrons. The number of aryl methyl sites for hydroxylation is 2. The Balaban J connectivity index is 0.000000135. The molecule has 14 aromatic rings. The summed E-state index contributed by atoms with van der Waals surface area (Å²) in [5, 5.41) is 5.49. The largest absolute Gasteiger partial charge is 0.493 e. The van der Waals surface area contributed by atoms with Crippen molar-refractivity contribution in [2.24, 2.45) is 0 Å². The van der Waals surface area contributed by atoms with Crippen LogP contribution in [-0.2, 0) is 4.79 Å². The van der Waals surface area contributed by atoms with E-state index in [1.54, 1.807) is 143 Å². The van der Waals surface area contributed by atoms with Crippen LogP contribution in [0.1, 0.15) is 84.7 Å². The van der Waals surface area contributed by atoms with Crippen LogP contribution in [-0.4, -0.2) is 306 Å². The highest BCUT2D eigenvalue weighted by Gasteiger charge is 2.33. The molecular formula is C102H121N25O16S. The van der Waals surface area contributed by atoms with Crippen LogP contribution in [0, 0.1) is 13.8 Å². The first kappa shape index (κ1) is 102. The maximum absolute atomic E-state index is 12.7. The van der Waals surface area contributed by atoms with Crippen LogP contribution in [0.5, 0.6) is 57.5 Å². The zero-order valence-corrected chi connectivity index (χ0v) is 83.9. The molecule has 0 bridgehead atoms. The van der Waals surface area contributed by atoms with E-state index in [-0.39, 0.29) is 29.5 Å². The van der Waals surface area contributed by atoms with E-state index >= 15 is 0 Å². The van der Waals surface area contributed by atoms with E-state index in [2.05, 4.69) is 61.7 Å². The van der Waals surface area contributed by atoms with E-state index < -0.39 is 0 Å². The topological polar surface area (TPSA) is 482 Å². The maximum atomic E-state index is 12.7. The summed E-state index contributed by atoms with van der Waals surface area (Å²) < 4.78 is 58.7. The van der Waals surface area contributed by atoms with E-state index in [4.69, 9.17) is 80.5 Å². The molecule has 5 amide bonds. The lowest BCUT2D eigenvalue weighted by atomic mass is 10.1. The number of nitrogens with zero attached hydrogens (tertiary/aromatic N) is 20. The van der Waals surface area contributed by atoms with Gasteiger partial charge in [0.15, 0.2) is 63.3 Å². The van der Waals surface area contributed by atoms with Gasteiger partial charge in [-0.15, -0.1) is 11.3 Å². The van der Waals surface area contributed by atoms with E-state index in [9.17, 15) is 24.0 Å². The number of rotatable bonds is 23. The Bertz CT molecular complexity index is 6540. The lowest BCUT2D eigenvalue weighted by molar-refractivity contribution is -0.131. The van der Waals surface area contributed by atoms with Crippen molar-refractivity contribution in [3.8, 4) is 57.5 Å². The number of fused-ring (bicyclic) bond motifs is 5. The normalized spacial score (nSPS) is 14.3. The molecule has 0 saturated carbocycles. The fraction of sp³-hybridized carbons (Fsp3) is 0.363. The van der Waals surface area contributed by atoms with Gasteiger partial charge in [0.1, 0.15) is 29.1 Å². The number of amides is 5. The molecule has 5 aliphatic rings. The highest BCUT2D eigenvalue weighted by atomic mass is 32.1. The molecule has 10 N–H and O–H groups in total. The standard InChI is InChI=1S/2C22H25N5O3.C20H29N5O3.C19H21N5O4.C19H21N5O3S/c2*1-14-4-6-15(7-5-14)21(28)26-8-10-27(11-9-26)22-24-17-13-19(30-3)18(29-2)12-16(17)20(23)25-22;1-4-5-6-7-18(26)24-8-10-25(11-9-24)20-22-15-13-17(28-3)16(27-2)12-14(15)19(21)23-20;1-26-15-10-12-13(11-16(15)27-2)21-19(22-17(12)20)24-7-5-23(6-8-24)18(25)14-4-3-9-28-14;1-26-14-10-12-13(11-15(14)27-2)21-19(22-17(12)20)24-7-5-23(6-8-24)18(25)16-4-3-9-28-16/h2*4-7,12-13H,8-11H2,1-3H3,(H2,23,24,25);12-13H,4-11H2,1-3H3,(H2,21,22,23);2*3-4,9-11H,5-8H2,1-2H3,(H2,20,21,22). The van der Waals surface area contributed by atoms with Gasteiger partial charge in [0.2, 0.25) is 35.6 Å². The molecule has 7 aromatic carbocycles. The maximum Gasteiger partial charge on any atom is 0.289 e. The Morgan fingerprint density at radius 1 is 0.306 bits per heavy atom. The van der Waals surface area contributed by atoms with E-state index in [1.165, 1.54) is 17.6 Å². The van der Waals surface area contributed by atoms with E-state index in [1.807, 2.05) is 125 Å². The molecule has 0 unspecified atom stereocenters. The number of nitrogens with two attached hydrogens (primary N) is 5. The summed E-state index contributed by atoms with van der Waals surface area (Å²) in [6, 6.07) is 40.3. The van der Waals surface area contributed by atoms with Crippen molar-refractivity contribution in [3.05, 3.63) is 178 Å². The Morgan fingerprint density at radius 3 is 0.806 bits per heavy atom. The van der Waals surface area contributed by atoms with Gasteiger partial charge in [0, 0.05) is 206 Å². The average molecular weight is 1990 g/mol. The highest BCUT2D eigenvalue weighted by Crippen LogP contribution is 2.41. The second-order valence-corrected chi connectivity index (χ2v) is 35.2. The van der Waals surface area contributed by atoms with Gasteiger partial charge in [-0.1, -0.05) is 61.2 Å². The molecule has 0 aliphatic carbocycles. The minimum absolute atomic E-state index is 0.0467. The van der Waals surface area contributed by atoms with Crippen molar-refractivity contribution in [1.29, 1.82) is 0 Å². The predicted molar refractivity (Wildman–Crippen MR) is 556 cm³/mol. The summed E-state index contributed by atoms with van der Waals surface area (Å²) in [5.74, 6) is 11.2. The minimum Gasteiger partial charge on any atom is -0.493 e. The van der Waals surface area contributed by atoms with Gasteiger partial charge in [-0.25, -0.2) is 24.9 Å². The molecule has 42 heteroatoms. The summed E-state index contributed by atoms with van der Waals surface area (Å²) in [5.41, 5.74) is 38.1. The number of unbranched alkanes of at least 4 members (excludes halogenated alkanes) is 2. The summed E-state index contributed by atoms with van der Waals surface area (Å²) in [7, 11) is 15.8. The van der Waals surface area contributed by atoms with Gasteiger partial charge in [0.25, 0.3) is 23.6 Å². The number of furan rings is 1. The summed E-state index contributed by atoms with van der Waals surface area (Å²) >= 11 is 1.46. The Morgan fingerprint density at radius 2 is 0.562 bits per heavy atom. The lowest BCUT2D eigenvalue weighted by Crippen LogP contribution is -2.49. The molecule has 0 atom stereocenters. The monoisotopic (exact) mass is 1980 g/mol. The van der Waals surface area contributed by atoms with Crippen molar-refractivity contribution in [3.63, 3.8) is 0 Å². The number of nitrogen functional groups attached to an aromatic ring is 5. The van der Waals surface area contributed by atoms with Crippen molar-refractivity contribution < 1.29 is 75.8 Å². The van der Waals surface area contributed by atoms with Gasteiger partial charge in [-0.05, 0) is 98.4 Å². The summed E-state index contributed by atoms with van der Waals surface area (Å²) in [4.78, 5) is 129. The number of anilines is 10. The van der Waals surface area contributed by atoms with Crippen LogP contribution in [0.4, 0.5) is 58.8 Å². The van der Waals surface area contributed by atoms with Gasteiger partial charge < -0.3 is 129 Å². The molecule has 5 fully saturated rings. The summed E-state index contributed by atoms with van der Waals surface area (Å²) in [6.07, 6.45) is 5.32. The van der Waals surface area contributed by atoms with Crippen LogP contribution >= 0.6 is 11.3 Å². The van der Waals surface area contributed by atoms with E-state index in [0.717, 1.165) is 40.7 Å². The third-order valence-electron chi connectivity index (χ3n) is 25.5. The third kappa shape index (κ3) is 23.4. The Hall–Kier alpha value is -16.4. The summed E-state index contributed by atoms with van der Waals surface area (Å²) in [6.45, 7) is 18.7. The highest BCUT2D eigenvalue weighted by molar-refractivity contribution is 7.12. The number of hydrogen-bond acceptors (Lipinski definition) is 37. The van der Waals surface area contributed by atoms with Crippen LogP contribution in [0.2, 0.25) is 0 Å². The number of methoxy groups -OCH3 is 10. The fourth-order valence-electron chi connectivity index (χ4n) is 17.2. The number of piperazine rings is 5. The first-order chi connectivity index (χ1) is 69.8. The van der Waals surface area contributed by atoms with Gasteiger partial charge in [-0.2, -0.15) is 24.9 Å². The molecule has 41 nitrogen and oxygen atoms in total. The molecular weight excluding hydrogens is 1860 g/mol. The number of hydrogen-bond donors (Lipinski definition) is 5. The van der Waals surface area contributed by atoms with Crippen molar-refractivity contribution >= 4 is 154 Å². The Kier molecular flexibility index (Phi) is 33.1. The SMILES string of the molecule is CCCCCC(=O)N1CCN(c2nc(N)c3cc(OC)c(OC)cc3n2)CC1.COc1cc2nc(N3CCN(C(=O)c4ccc(C)cc4)CC3)nc(N)c2cc1OC.COc1cc2nc(N3CCN(C(=O)c4ccc(C)cc4)CC3)nc(N)c2cc1OC.COc1cc2nc(N3CCN(C(=O)c4ccco4)CC3)nc(N)c2cc1OC.COc1cc2nc(N3CCN(C(=O)c4cccs4)CC3)nc(N)c2cc1OC. The van der Waals surface area contributed by atoms with Crippen LogP contribution in [0.15, 0.2) is 150 Å². The number of aromatic nitrogens is 10. The molecule has 5 saturated heterocycles. The number of thiophene rings is 1. The zero-order chi connectivity index (χ0) is 102. The lowest BCUT2D eigenvalue weighted by Gasteiger charge is -2.35. The molecule has 5 aliphatic heterocycles. The third-order valence-corrected chi connectivity index (χ3v) is 26.3. The quantitative estimate of drug-likeness (QED) is 0.0371. The van der Waals surface area contributed by atoms with Crippen LogP contribution < -0.4 is 101 Å². The molecule has 0 radical (unpaired) electrons. The molecule has 144 heavy (non-hydrogen) atoms. The van der Waals surface area contributed by atoms with Gasteiger partial charge >= 0.3 is 0 Å². The van der Waals surface area contributed by atoms with Crippen LogP contribution in [0.3, 0.4) is 0 Å². The minimum atomic E-state index is -0.111. The first-order valence-corrected chi connectivity index (χ1v) is 48.0. The zero-order valence-electron chi connectivity index (χ0n) is 83.1. The smallest absolute Gasteiger partial charge is 0.289 e. The molecule has 0 spiro atoms. The molecule has 7 aromatic heterocycles. The number of carbonyl (C=O) groups excluding carboxylic acids is 5. The van der Waals surface area contributed by atoms with E-state index in [0.29, 0.717) is 320 Å². The van der Waals surface area contributed by atoms with Crippen molar-refractivity contribution in [1.82, 2.24) is 74.3 Å². The Labute approximate surface area is 836 Å². The van der Waals surface area contributed by atoms with Crippen molar-refractivity contribution in [2.45, 2.75) is 46.5 Å². The second-order valence-electron chi connectivity index (χ2n) is 34.3. The number of carbonyl (C=O) groups is 5. The average Bonchev–Trinajstić information content (AvgIpc) is 1.14. The number of benzene rings is 7. The molecule has 12 heterocycles. The van der Waals surface area contributed by atoms with Crippen LogP contribution in [0.25, 0.3) is 54.5 Å². The molecule has 19 rings (SSSR count). The first-order valence-electron chi connectivity index (χ1n) is 47.1. The van der Waals surface area contributed by atoms with Gasteiger partial charge in [0.05, 0.1) is 110 Å². The van der Waals surface area contributed by atoms with Crippen molar-refractivity contribution in [2.75, 3.05) is 255 Å². The second kappa shape index (κ2) is 46.8. The number of ether oxygens (including phenoxy) is 10.